The van der Waals surface area contributed by atoms with Gasteiger partial charge < -0.3 is 4.42 Å². The summed E-state index contributed by atoms with van der Waals surface area (Å²) in [5.74, 6) is 0. The van der Waals surface area contributed by atoms with E-state index in [9.17, 15) is 0 Å². The summed E-state index contributed by atoms with van der Waals surface area (Å²) < 4.78 is 5.43. The van der Waals surface area contributed by atoms with Gasteiger partial charge in [0.15, 0.2) is 0 Å². The molecule has 0 saturated carbocycles. The molecule has 0 spiro atoms. The van der Waals surface area contributed by atoms with Crippen LogP contribution in [0.25, 0.3) is 11.0 Å². The van der Waals surface area contributed by atoms with Crippen molar-refractivity contribution in [3.05, 3.63) is 35.6 Å². The molecule has 0 bridgehead atoms. The Balaban J connectivity index is 2.42. The third kappa shape index (κ3) is 2.23. The molecule has 0 unspecified atom stereocenters. The summed E-state index contributed by atoms with van der Waals surface area (Å²) in [5.41, 5.74) is 3.94. The van der Waals surface area contributed by atoms with Gasteiger partial charge in [-0.3, -0.25) is 0 Å². The minimum Gasteiger partial charge on any atom is -0.464 e. The van der Waals surface area contributed by atoms with Crippen molar-refractivity contribution in [1.82, 2.24) is 0 Å². The van der Waals surface area contributed by atoms with Gasteiger partial charge in [-0.25, -0.2) is 0 Å². The van der Waals surface area contributed by atoms with Gasteiger partial charge in [-0.2, -0.15) is 0 Å². The van der Waals surface area contributed by atoms with Gasteiger partial charge in [0.2, 0.25) is 0 Å². The summed E-state index contributed by atoms with van der Waals surface area (Å²) >= 11 is 0. The summed E-state index contributed by atoms with van der Waals surface area (Å²) in [4.78, 5) is 0. The van der Waals surface area contributed by atoms with Crippen molar-refractivity contribution in [1.29, 1.82) is 0 Å². The van der Waals surface area contributed by atoms with E-state index in [2.05, 4.69) is 45.9 Å². The zero-order valence-electron chi connectivity index (χ0n) is 9.92. The summed E-state index contributed by atoms with van der Waals surface area (Å²) in [6.07, 6.45) is 2.93. The second-order valence-electron chi connectivity index (χ2n) is 5.49. The van der Waals surface area contributed by atoms with E-state index in [-0.39, 0.29) is 0 Å². The van der Waals surface area contributed by atoms with Crippen LogP contribution in [0.2, 0.25) is 0 Å². The highest BCUT2D eigenvalue weighted by atomic mass is 16.3. The fourth-order valence-corrected chi connectivity index (χ4v) is 1.93. The van der Waals surface area contributed by atoms with Crippen LogP contribution >= 0.6 is 0 Å². The highest BCUT2D eigenvalue weighted by Gasteiger charge is 2.12. The molecule has 0 aliphatic carbocycles. The van der Waals surface area contributed by atoms with Gasteiger partial charge in [-0.1, -0.05) is 26.8 Å². The Hall–Kier alpha value is -1.24. The Morgan fingerprint density at radius 3 is 2.60 bits per heavy atom. The van der Waals surface area contributed by atoms with Crippen molar-refractivity contribution in [2.45, 2.75) is 34.1 Å². The molecule has 1 aromatic heterocycles. The van der Waals surface area contributed by atoms with E-state index in [0.29, 0.717) is 5.41 Å². The van der Waals surface area contributed by atoms with Crippen LogP contribution < -0.4 is 0 Å². The predicted octanol–water partition coefficient (Wildman–Crippen LogP) is 4.33. The molecule has 2 rings (SSSR count). The van der Waals surface area contributed by atoms with Gasteiger partial charge in [0.25, 0.3) is 0 Å². The Morgan fingerprint density at radius 2 is 1.93 bits per heavy atom. The van der Waals surface area contributed by atoms with Crippen molar-refractivity contribution in [2.24, 2.45) is 5.41 Å². The van der Waals surface area contributed by atoms with Gasteiger partial charge in [0.1, 0.15) is 5.58 Å². The van der Waals surface area contributed by atoms with Gasteiger partial charge in [0, 0.05) is 5.39 Å². The maximum Gasteiger partial charge on any atom is 0.134 e. The van der Waals surface area contributed by atoms with Gasteiger partial charge in [-0.15, -0.1) is 0 Å². The molecule has 0 amide bonds. The minimum atomic E-state index is 0.339. The molecule has 0 aliphatic rings. The lowest BCUT2D eigenvalue weighted by Gasteiger charge is -2.17. The molecule has 1 heteroatoms. The van der Waals surface area contributed by atoms with Gasteiger partial charge in [-0.05, 0) is 42.0 Å². The minimum absolute atomic E-state index is 0.339. The molecule has 0 atom stereocenters. The number of rotatable bonds is 1. The number of furan rings is 1. The van der Waals surface area contributed by atoms with Crippen LogP contribution in [0.4, 0.5) is 0 Å². The van der Waals surface area contributed by atoms with Crippen LogP contribution in [0, 0.1) is 12.3 Å². The summed E-state index contributed by atoms with van der Waals surface area (Å²) in [5, 5.41) is 1.25. The van der Waals surface area contributed by atoms with Crippen LogP contribution in [0.1, 0.15) is 31.9 Å². The number of hydrogen-bond acceptors (Lipinski definition) is 1. The van der Waals surface area contributed by atoms with E-state index in [1.807, 2.05) is 6.26 Å². The number of benzene rings is 1. The van der Waals surface area contributed by atoms with Crippen LogP contribution in [0.15, 0.2) is 28.9 Å². The third-order valence-corrected chi connectivity index (χ3v) is 2.57. The van der Waals surface area contributed by atoms with Crippen molar-refractivity contribution >= 4 is 11.0 Å². The van der Waals surface area contributed by atoms with Crippen LogP contribution in [-0.2, 0) is 6.42 Å². The number of fused-ring (bicyclic) bond motifs is 1. The lowest BCUT2D eigenvalue weighted by Crippen LogP contribution is -2.08. The molecule has 1 nitrogen and oxygen atoms in total. The van der Waals surface area contributed by atoms with Crippen LogP contribution in [-0.4, -0.2) is 0 Å². The molecule has 80 valence electrons. The second-order valence-corrected chi connectivity index (χ2v) is 5.49. The van der Waals surface area contributed by atoms with E-state index >= 15 is 0 Å². The summed E-state index contributed by atoms with van der Waals surface area (Å²) in [6, 6.07) is 6.49. The first kappa shape index (κ1) is 10.3. The van der Waals surface area contributed by atoms with Crippen molar-refractivity contribution < 1.29 is 4.42 Å². The fourth-order valence-electron chi connectivity index (χ4n) is 1.93. The third-order valence-electron chi connectivity index (χ3n) is 2.57. The van der Waals surface area contributed by atoms with E-state index in [0.717, 1.165) is 12.0 Å². The summed E-state index contributed by atoms with van der Waals surface area (Å²) in [6.45, 7) is 8.88. The standard InChI is InChI=1S/C14H18O/c1-10-9-15-13-6-5-11(7-12(10)13)8-14(2,3)4/h5-7,9H,8H2,1-4H3. The lowest BCUT2D eigenvalue weighted by molar-refractivity contribution is 0.411. The molecule has 0 N–H and O–H groups in total. The fraction of sp³-hybridized carbons (Fsp3) is 0.429. The Morgan fingerprint density at radius 1 is 1.20 bits per heavy atom. The maximum atomic E-state index is 5.43. The highest BCUT2D eigenvalue weighted by molar-refractivity contribution is 5.81. The van der Waals surface area contributed by atoms with E-state index in [1.165, 1.54) is 16.5 Å². The maximum absolute atomic E-state index is 5.43. The first-order valence-corrected chi connectivity index (χ1v) is 5.42. The van der Waals surface area contributed by atoms with E-state index < -0.39 is 0 Å². The lowest BCUT2D eigenvalue weighted by atomic mass is 9.88. The highest BCUT2D eigenvalue weighted by Crippen LogP contribution is 2.26. The van der Waals surface area contributed by atoms with Crippen molar-refractivity contribution in [2.75, 3.05) is 0 Å². The summed E-state index contributed by atoms with van der Waals surface area (Å²) in [7, 11) is 0. The SMILES string of the molecule is Cc1coc2ccc(CC(C)(C)C)cc12. The normalized spacial score (nSPS) is 12.3. The molecule has 1 aromatic carbocycles. The molecule has 0 saturated heterocycles. The molecular weight excluding hydrogens is 184 g/mol. The molecule has 2 aromatic rings. The van der Waals surface area contributed by atoms with Crippen LogP contribution in [0.3, 0.4) is 0 Å². The zero-order chi connectivity index (χ0) is 11.1. The number of hydrogen-bond donors (Lipinski definition) is 0. The number of aryl methyl sites for hydroxylation is 1. The largest absolute Gasteiger partial charge is 0.464 e. The van der Waals surface area contributed by atoms with Gasteiger partial charge in [0.05, 0.1) is 6.26 Å². The molecule has 0 fully saturated rings. The first-order chi connectivity index (χ1) is 6.96. The Kier molecular flexibility index (Phi) is 2.34. The molecule has 0 radical (unpaired) electrons. The Bertz CT molecular complexity index is 472. The Labute approximate surface area is 91.1 Å². The van der Waals surface area contributed by atoms with Crippen LogP contribution in [0.5, 0.6) is 0 Å². The molecule has 1 heterocycles. The second kappa shape index (κ2) is 3.41. The average Bonchev–Trinajstić information content (AvgIpc) is 2.45. The van der Waals surface area contributed by atoms with E-state index in [4.69, 9.17) is 4.42 Å². The predicted molar refractivity (Wildman–Crippen MR) is 64.1 cm³/mol. The van der Waals surface area contributed by atoms with Crippen molar-refractivity contribution in [3.8, 4) is 0 Å². The first-order valence-electron chi connectivity index (χ1n) is 5.42. The molecule has 0 aliphatic heterocycles. The topological polar surface area (TPSA) is 13.1 Å². The molecule has 15 heavy (non-hydrogen) atoms. The smallest absolute Gasteiger partial charge is 0.134 e. The van der Waals surface area contributed by atoms with Gasteiger partial charge >= 0.3 is 0 Å². The monoisotopic (exact) mass is 202 g/mol. The average molecular weight is 202 g/mol. The van der Waals surface area contributed by atoms with Crippen molar-refractivity contribution in [3.63, 3.8) is 0 Å². The molecular formula is C14H18O. The quantitative estimate of drug-likeness (QED) is 0.670. The zero-order valence-corrected chi connectivity index (χ0v) is 9.92. The van der Waals surface area contributed by atoms with E-state index in [1.54, 1.807) is 0 Å².